The van der Waals surface area contributed by atoms with Crippen molar-refractivity contribution < 1.29 is 13.2 Å². The summed E-state index contributed by atoms with van der Waals surface area (Å²) < 4.78 is 37.0. The minimum absolute atomic E-state index is 0.214. The van der Waals surface area contributed by atoms with Crippen molar-refractivity contribution in [1.29, 1.82) is 0 Å². The van der Waals surface area contributed by atoms with Crippen molar-refractivity contribution in [3.8, 4) is 0 Å². The smallest absolute Gasteiger partial charge is 0.342 e. The second-order valence-corrected chi connectivity index (χ2v) is 4.11. The van der Waals surface area contributed by atoms with E-state index in [4.69, 9.17) is 0 Å². The van der Waals surface area contributed by atoms with Gasteiger partial charge < -0.3 is 10.2 Å². The molecule has 0 bridgehead atoms. The van der Waals surface area contributed by atoms with Crippen LogP contribution < -0.4 is 10.2 Å². The number of alkyl halides is 3. The van der Waals surface area contributed by atoms with Gasteiger partial charge in [-0.15, -0.1) is 0 Å². The van der Waals surface area contributed by atoms with E-state index in [2.05, 4.69) is 15.3 Å². The fourth-order valence-electron chi connectivity index (χ4n) is 1.57. The zero-order valence-corrected chi connectivity index (χ0v) is 10.6. The molecule has 1 unspecified atom stereocenters. The molecule has 0 amide bonds. The molecule has 0 aliphatic heterocycles. The van der Waals surface area contributed by atoms with E-state index >= 15 is 0 Å². The van der Waals surface area contributed by atoms with E-state index in [9.17, 15) is 13.2 Å². The summed E-state index contributed by atoms with van der Waals surface area (Å²) in [5.41, 5.74) is -0.834. The molecule has 0 aliphatic carbocycles. The lowest BCUT2D eigenvalue weighted by Crippen LogP contribution is -2.38. The van der Waals surface area contributed by atoms with Gasteiger partial charge in [-0.2, -0.15) is 13.2 Å². The molecular formula is C11H17F3N4. The van der Waals surface area contributed by atoms with Crippen LogP contribution in [0.15, 0.2) is 12.4 Å². The third-order valence-electron chi connectivity index (χ3n) is 2.41. The Morgan fingerprint density at radius 3 is 2.33 bits per heavy atom. The topological polar surface area (TPSA) is 41.0 Å². The largest absolute Gasteiger partial charge is 0.419 e. The summed E-state index contributed by atoms with van der Waals surface area (Å²) in [4.78, 5) is 9.17. The van der Waals surface area contributed by atoms with Crippen LogP contribution in [0.1, 0.15) is 19.4 Å². The number of halogens is 3. The van der Waals surface area contributed by atoms with E-state index in [0.717, 1.165) is 18.9 Å². The van der Waals surface area contributed by atoms with Gasteiger partial charge in [-0.1, -0.05) is 6.92 Å². The number of nitrogens with one attached hydrogen (secondary N) is 1. The van der Waals surface area contributed by atoms with Gasteiger partial charge >= 0.3 is 6.18 Å². The van der Waals surface area contributed by atoms with Gasteiger partial charge in [-0.3, -0.25) is 0 Å². The highest BCUT2D eigenvalue weighted by Crippen LogP contribution is 2.28. The first-order chi connectivity index (χ1) is 8.34. The van der Waals surface area contributed by atoms with E-state index in [1.165, 1.54) is 0 Å². The molecule has 1 N–H and O–H groups in total. The molecule has 1 aromatic rings. The number of hydrogen-bond acceptors (Lipinski definition) is 4. The van der Waals surface area contributed by atoms with Crippen molar-refractivity contribution in [3.05, 3.63) is 18.0 Å². The maximum atomic E-state index is 12.3. The monoisotopic (exact) mass is 262 g/mol. The van der Waals surface area contributed by atoms with E-state index in [0.29, 0.717) is 6.54 Å². The van der Waals surface area contributed by atoms with Gasteiger partial charge in [0.15, 0.2) is 0 Å². The molecule has 0 saturated carbocycles. The molecule has 0 radical (unpaired) electrons. The molecule has 1 aromatic heterocycles. The number of nitrogens with zero attached hydrogens (tertiary/aromatic N) is 3. The fraction of sp³-hybridized carbons (Fsp3) is 0.636. The van der Waals surface area contributed by atoms with Crippen molar-refractivity contribution >= 4 is 5.95 Å². The molecule has 0 fully saturated rings. The predicted octanol–water partition coefficient (Wildman–Crippen LogP) is 1.93. The van der Waals surface area contributed by atoms with Crippen molar-refractivity contribution in [3.63, 3.8) is 0 Å². The Bertz CT molecular complexity index is 364. The molecular weight excluding hydrogens is 245 g/mol. The van der Waals surface area contributed by atoms with Crippen molar-refractivity contribution in [2.75, 3.05) is 25.0 Å². The van der Waals surface area contributed by atoms with Gasteiger partial charge in [0, 0.05) is 32.0 Å². The molecule has 4 nitrogen and oxygen atoms in total. The first-order valence-electron chi connectivity index (χ1n) is 5.68. The second kappa shape index (κ2) is 5.99. The first kappa shape index (κ1) is 14.7. The van der Waals surface area contributed by atoms with E-state index in [1.807, 2.05) is 13.8 Å². The third kappa shape index (κ3) is 4.14. The van der Waals surface area contributed by atoms with Crippen LogP contribution in [0.4, 0.5) is 19.1 Å². The summed E-state index contributed by atoms with van der Waals surface area (Å²) in [6.07, 6.45) is -2.79. The molecule has 1 heterocycles. The van der Waals surface area contributed by atoms with E-state index < -0.39 is 11.7 Å². The maximum absolute atomic E-state index is 12.3. The lowest BCUT2D eigenvalue weighted by molar-refractivity contribution is -0.138. The Labute approximate surface area is 104 Å². The van der Waals surface area contributed by atoms with E-state index in [-0.39, 0.29) is 12.0 Å². The van der Waals surface area contributed by atoms with E-state index in [1.54, 1.807) is 11.9 Å². The molecule has 0 spiro atoms. The SMILES string of the molecule is CCNC(C)CN(C)c1ncc(C(F)(F)F)cn1. The van der Waals surface area contributed by atoms with Crippen LogP contribution in [-0.4, -0.2) is 36.1 Å². The molecule has 0 aliphatic rings. The Balaban J connectivity index is 2.67. The lowest BCUT2D eigenvalue weighted by Gasteiger charge is -2.22. The number of rotatable bonds is 5. The molecule has 0 saturated heterocycles. The standard InChI is InChI=1S/C11H17F3N4/c1-4-15-8(2)7-18(3)10-16-5-9(6-17-10)11(12,13)14/h5-6,8,15H,4,7H2,1-3H3. The van der Waals surface area contributed by atoms with Gasteiger partial charge in [0.25, 0.3) is 0 Å². The summed E-state index contributed by atoms with van der Waals surface area (Å²) in [5.74, 6) is 0.285. The van der Waals surface area contributed by atoms with Gasteiger partial charge in [0.05, 0.1) is 5.56 Å². The van der Waals surface area contributed by atoms with Crippen molar-refractivity contribution in [2.24, 2.45) is 0 Å². The van der Waals surface area contributed by atoms with Gasteiger partial charge in [0.2, 0.25) is 5.95 Å². The number of likely N-dealkylation sites (N-methyl/N-ethyl adjacent to an activating group) is 2. The Kier molecular flexibility index (Phi) is 4.89. The zero-order chi connectivity index (χ0) is 13.8. The fourth-order valence-corrected chi connectivity index (χ4v) is 1.57. The molecule has 102 valence electrons. The highest BCUT2D eigenvalue weighted by molar-refractivity contribution is 5.29. The van der Waals surface area contributed by atoms with Crippen molar-refractivity contribution in [2.45, 2.75) is 26.1 Å². The van der Waals surface area contributed by atoms with Crippen molar-refractivity contribution in [1.82, 2.24) is 15.3 Å². The van der Waals surface area contributed by atoms with Gasteiger partial charge in [-0.25, -0.2) is 9.97 Å². The molecule has 1 atom stereocenters. The van der Waals surface area contributed by atoms with Crippen LogP contribution in [0.5, 0.6) is 0 Å². The average Bonchev–Trinajstić information content (AvgIpc) is 2.28. The number of hydrogen-bond donors (Lipinski definition) is 1. The van der Waals surface area contributed by atoms with Crippen LogP contribution in [0.3, 0.4) is 0 Å². The molecule has 0 aromatic carbocycles. The minimum Gasteiger partial charge on any atom is -0.342 e. The quantitative estimate of drug-likeness (QED) is 0.880. The Hall–Kier alpha value is -1.37. The zero-order valence-electron chi connectivity index (χ0n) is 10.6. The van der Waals surface area contributed by atoms with Gasteiger partial charge in [0.1, 0.15) is 0 Å². The lowest BCUT2D eigenvalue weighted by atomic mass is 10.3. The molecule has 1 rings (SSSR count). The van der Waals surface area contributed by atoms with Gasteiger partial charge in [-0.05, 0) is 13.5 Å². The summed E-state index contributed by atoms with van der Waals surface area (Å²) in [7, 11) is 1.75. The second-order valence-electron chi connectivity index (χ2n) is 4.11. The Morgan fingerprint density at radius 1 is 1.33 bits per heavy atom. The first-order valence-corrected chi connectivity index (χ1v) is 5.68. The van der Waals surface area contributed by atoms with Crippen LogP contribution in [-0.2, 0) is 6.18 Å². The molecule has 7 heteroatoms. The average molecular weight is 262 g/mol. The summed E-state index contributed by atoms with van der Waals surface area (Å²) in [6, 6.07) is 0.214. The molecule has 18 heavy (non-hydrogen) atoms. The van der Waals surface area contributed by atoms with Crippen LogP contribution in [0, 0.1) is 0 Å². The van der Waals surface area contributed by atoms with Crippen LogP contribution in [0.2, 0.25) is 0 Å². The minimum atomic E-state index is -4.39. The highest BCUT2D eigenvalue weighted by Gasteiger charge is 2.31. The highest BCUT2D eigenvalue weighted by atomic mass is 19.4. The summed E-state index contributed by atoms with van der Waals surface area (Å²) >= 11 is 0. The van der Waals surface area contributed by atoms with Crippen LogP contribution in [0.25, 0.3) is 0 Å². The number of anilines is 1. The van der Waals surface area contributed by atoms with Crippen LogP contribution >= 0.6 is 0 Å². The maximum Gasteiger partial charge on any atom is 0.419 e. The number of aromatic nitrogens is 2. The Morgan fingerprint density at radius 2 is 1.89 bits per heavy atom. The summed E-state index contributed by atoms with van der Waals surface area (Å²) in [5, 5.41) is 3.20. The summed E-state index contributed by atoms with van der Waals surface area (Å²) in [6.45, 7) is 5.44. The predicted molar refractivity (Wildman–Crippen MR) is 63.4 cm³/mol. The third-order valence-corrected chi connectivity index (χ3v) is 2.41. The normalized spacial score (nSPS) is 13.4.